The molecule has 52 valence electrons. The van der Waals surface area contributed by atoms with Crippen LogP contribution in [0, 0.1) is 11.8 Å². The molecule has 0 spiro atoms. The van der Waals surface area contributed by atoms with Crippen LogP contribution in [0.5, 0.6) is 0 Å². The molecule has 9 heavy (non-hydrogen) atoms. The van der Waals surface area contributed by atoms with Crippen molar-refractivity contribution in [2.75, 3.05) is 13.1 Å². The van der Waals surface area contributed by atoms with Crippen LogP contribution in [0.1, 0.15) is 6.42 Å². The zero-order chi connectivity index (χ0) is 6.43. The summed E-state index contributed by atoms with van der Waals surface area (Å²) in [5.74, 6) is 6.50. The van der Waals surface area contributed by atoms with E-state index in [1.807, 2.05) is 5.01 Å². The third-order valence-corrected chi connectivity index (χ3v) is 2.51. The number of aliphatic hydroxyl groups is 1. The van der Waals surface area contributed by atoms with Gasteiger partial charge in [0, 0.05) is 13.1 Å². The van der Waals surface area contributed by atoms with Crippen molar-refractivity contribution in [2.45, 2.75) is 12.5 Å². The third-order valence-electron chi connectivity index (χ3n) is 2.51. The number of piperidine rings is 2. The predicted molar refractivity (Wildman–Crippen MR) is 33.4 cm³/mol. The molecular formula is C6H12N2O. The van der Waals surface area contributed by atoms with Gasteiger partial charge in [-0.05, 0) is 18.3 Å². The molecule has 3 rings (SSSR count). The van der Waals surface area contributed by atoms with E-state index < -0.39 is 0 Å². The predicted octanol–water partition coefficient (Wildman–Crippen LogP) is -0.827. The van der Waals surface area contributed by atoms with E-state index in [-0.39, 0.29) is 6.10 Å². The number of fused-ring (bicyclic) bond motifs is 2. The lowest BCUT2D eigenvalue weighted by molar-refractivity contribution is -0.108. The molecule has 2 atom stereocenters. The third kappa shape index (κ3) is 0.689. The second-order valence-electron chi connectivity index (χ2n) is 3.20. The van der Waals surface area contributed by atoms with Crippen molar-refractivity contribution >= 4 is 0 Å². The number of hydrogen-bond donors (Lipinski definition) is 2. The fourth-order valence-electron chi connectivity index (χ4n) is 1.90. The molecule has 2 bridgehead atoms. The lowest BCUT2D eigenvalue weighted by Crippen LogP contribution is -2.60. The van der Waals surface area contributed by atoms with Crippen molar-refractivity contribution in [1.82, 2.24) is 5.01 Å². The van der Waals surface area contributed by atoms with Gasteiger partial charge in [-0.15, -0.1) is 0 Å². The highest BCUT2D eigenvalue weighted by Crippen LogP contribution is 2.38. The molecule has 3 aliphatic rings. The van der Waals surface area contributed by atoms with Crippen molar-refractivity contribution in [1.29, 1.82) is 0 Å². The molecule has 1 aliphatic carbocycles. The number of nitrogens with two attached hydrogens (primary N) is 1. The lowest BCUT2D eigenvalue weighted by atomic mass is 9.69. The Balaban J connectivity index is 2.01. The molecule has 1 saturated carbocycles. The van der Waals surface area contributed by atoms with Crippen molar-refractivity contribution in [2.24, 2.45) is 17.7 Å². The van der Waals surface area contributed by atoms with Crippen LogP contribution in [0.25, 0.3) is 0 Å². The first-order valence-electron chi connectivity index (χ1n) is 3.45. The summed E-state index contributed by atoms with van der Waals surface area (Å²) in [6.45, 7) is 1.77. The maximum absolute atomic E-state index is 9.26. The summed E-state index contributed by atoms with van der Waals surface area (Å²) in [4.78, 5) is 0. The first-order valence-corrected chi connectivity index (χ1v) is 3.45. The summed E-state index contributed by atoms with van der Waals surface area (Å²) >= 11 is 0. The minimum atomic E-state index is -0.0372. The maximum atomic E-state index is 9.26. The number of hydrogen-bond acceptors (Lipinski definition) is 3. The standard InChI is InChI=1S/C6H12N2O/c7-8-2-4-1-5(3-8)6(4)9/h4-6,9H,1-3,7H2. The average Bonchev–Trinajstić information content (AvgIpc) is 1.87. The monoisotopic (exact) mass is 128 g/mol. The van der Waals surface area contributed by atoms with Gasteiger partial charge in [0.15, 0.2) is 0 Å². The number of aliphatic hydroxyl groups excluding tert-OH is 1. The van der Waals surface area contributed by atoms with Crippen LogP contribution in [0.2, 0.25) is 0 Å². The quantitative estimate of drug-likeness (QED) is 0.419. The lowest BCUT2D eigenvalue weighted by Gasteiger charge is -2.49. The zero-order valence-corrected chi connectivity index (χ0v) is 5.33. The van der Waals surface area contributed by atoms with Gasteiger partial charge in [-0.1, -0.05) is 0 Å². The normalized spacial score (nSPS) is 50.7. The summed E-state index contributed by atoms with van der Waals surface area (Å²) in [5.41, 5.74) is 0. The highest BCUT2D eigenvalue weighted by Gasteiger charge is 2.44. The Kier molecular flexibility index (Phi) is 1.06. The van der Waals surface area contributed by atoms with Gasteiger partial charge in [-0.2, -0.15) is 0 Å². The molecule has 3 nitrogen and oxygen atoms in total. The van der Waals surface area contributed by atoms with Crippen molar-refractivity contribution in [3.63, 3.8) is 0 Å². The molecule has 3 N–H and O–H groups in total. The van der Waals surface area contributed by atoms with Crippen LogP contribution in [0.4, 0.5) is 0 Å². The van der Waals surface area contributed by atoms with Gasteiger partial charge < -0.3 is 5.11 Å². The second kappa shape index (κ2) is 1.68. The van der Waals surface area contributed by atoms with Gasteiger partial charge in [0.2, 0.25) is 0 Å². The first-order chi connectivity index (χ1) is 4.27. The molecule has 2 unspecified atom stereocenters. The molecule has 2 aliphatic heterocycles. The van der Waals surface area contributed by atoms with E-state index in [1.165, 1.54) is 6.42 Å². The molecular weight excluding hydrogens is 116 g/mol. The summed E-state index contributed by atoms with van der Waals surface area (Å²) in [6.07, 6.45) is 1.15. The summed E-state index contributed by atoms with van der Waals surface area (Å²) < 4.78 is 0. The van der Waals surface area contributed by atoms with E-state index in [9.17, 15) is 5.11 Å². The SMILES string of the molecule is NN1CC2CC(C1)C2O. The highest BCUT2D eigenvalue weighted by molar-refractivity contribution is 4.95. The fraction of sp³-hybridized carbons (Fsp3) is 1.00. The Labute approximate surface area is 54.4 Å². The van der Waals surface area contributed by atoms with Gasteiger partial charge >= 0.3 is 0 Å². The van der Waals surface area contributed by atoms with Crippen LogP contribution in [0.15, 0.2) is 0 Å². The smallest absolute Gasteiger partial charge is 0.0622 e. The molecule has 2 heterocycles. The van der Waals surface area contributed by atoms with Crippen molar-refractivity contribution in [3.05, 3.63) is 0 Å². The summed E-state index contributed by atoms with van der Waals surface area (Å²) in [5, 5.41) is 11.1. The largest absolute Gasteiger partial charge is 0.392 e. The van der Waals surface area contributed by atoms with E-state index in [4.69, 9.17) is 5.84 Å². The molecule has 0 aromatic rings. The highest BCUT2D eigenvalue weighted by atomic mass is 16.3. The van der Waals surface area contributed by atoms with Crippen molar-refractivity contribution in [3.8, 4) is 0 Å². The molecule has 2 saturated heterocycles. The van der Waals surface area contributed by atoms with E-state index in [1.54, 1.807) is 0 Å². The van der Waals surface area contributed by atoms with E-state index in [0.717, 1.165) is 13.1 Å². The molecule has 3 fully saturated rings. The van der Waals surface area contributed by atoms with E-state index in [2.05, 4.69) is 0 Å². The van der Waals surface area contributed by atoms with Crippen LogP contribution < -0.4 is 5.84 Å². The fourth-order valence-corrected chi connectivity index (χ4v) is 1.90. The molecule has 0 aromatic carbocycles. The Morgan fingerprint density at radius 2 is 1.89 bits per heavy atom. The molecule has 3 heteroatoms. The van der Waals surface area contributed by atoms with Gasteiger partial charge in [-0.25, -0.2) is 5.01 Å². The number of hydrazine groups is 1. The van der Waals surface area contributed by atoms with Gasteiger partial charge in [0.05, 0.1) is 6.10 Å². The van der Waals surface area contributed by atoms with Crippen LogP contribution in [-0.2, 0) is 0 Å². The van der Waals surface area contributed by atoms with Crippen LogP contribution >= 0.6 is 0 Å². The van der Waals surface area contributed by atoms with Crippen LogP contribution in [-0.4, -0.2) is 29.3 Å². The maximum Gasteiger partial charge on any atom is 0.0622 e. The topological polar surface area (TPSA) is 49.5 Å². The average molecular weight is 128 g/mol. The molecule has 0 amide bonds. The minimum absolute atomic E-state index is 0.0372. The van der Waals surface area contributed by atoms with Gasteiger partial charge in [0.25, 0.3) is 0 Å². The minimum Gasteiger partial charge on any atom is -0.392 e. The molecule has 0 aromatic heterocycles. The number of nitrogens with zero attached hydrogens (tertiary/aromatic N) is 1. The Morgan fingerprint density at radius 3 is 2.22 bits per heavy atom. The van der Waals surface area contributed by atoms with Gasteiger partial charge in [-0.3, -0.25) is 5.84 Å². The summed E-state index contributed by atoms with van der Waals surface area (Å²) in [7, 11) is 0. The van der Waals surface area contributed by atoms with E-state index >= 15 is 0 Å². The van der Waals surface area contributed by atoms with Gasteiger partial charge in [0.1, 0.15) is 0 Å². The Morgan fingerprint density at radius 1 is 1.33 bits per heavy atom. The Hall–Kier alpha value is -0.120. The molecule has 0 radical (unpaired) electrons. The Bertz CT molecular complexity index is 116. The van der Waals surface area contributed by atoms with E-state index in [0.29, 0.717) is 11.8 Å². The zero-order valence-electron chi connectivity index (χ0n) is 5.33. The van der Waals surface area contributed by atoms with Crippen LogP contribution in [0.3, 0.4) is 0 Å². The number of rotatable bonds is 0. The van der Waals surface area contributed by atoms with Crippen molar-refractivity contribution < 1.29 is 5.11 Å². The summed E-state index contributed by atoms with van der Waals surface area (Å²) in [6, 6.07) is 0. The second-order valence-corrected chi connectivity index (χ2v) is 3.20. The first kappa shape index (κ1) is 5.65.